The molecular formula is C7H6N2OS. The van der Waals surface area contributed by atoms with Crippen molar-refractivity contribution < 1.29 is 5.21 Å². The number of hydrogen-bond donors (Lipinski definition) is 2. The maximum Gasteiger partial charge on any atom is 0.225 e. The molecule has 1 heterocycles. The summed E-state index contributed by atoms with van der Waals surface area (Å²) in [6, 6.07) is 7.81. The van der Waals surface area contributed by atoms with Gasteiger partial charge in [-0.25, -0.2) is 0 Å². The fourth-order valence-corrected chi connectivity index (χ4v) is 1.73. The third kappa shape index (κ3) is 1.01. The highest BCUT2D eigenvalue weighted by atomic mass is 32.1. The molecule has 0 atom stereocenters. The first kappa shape index (κ1) is 6.42. The smallest absolute Gasteiger partial charge is 0.225 e. The van der Waals surface area contributed by atoms with Crippen LogP contribution in [-0.2, 0) is 0 Å². The van der Waals surface area contributed by atoms with Gasteiger partial charge in [-0.05, 0) is 12.1 Å². The molecule has 4 heteroatoms. The van der Waals surface area contributed by atoms with E-state index in [9.17, 15) is 0 Å². The number of nitrogens with zero attached hydrogens (tertiary/aromatic N) is 1. The molecule has 3 nitrogen and oxygen atoms in total. The Hall–Kier alpha value is -1.29. The van der Waals surface area contributed by atoms with E-state index in [4.69, 9.17) is 5.21 Å². The van der Waals surface area contributed by atoms with Gasteiger partial charge in [-0.2, -0.15) is 0 Å². The SMILES string of the molecule is ON=c1[nH]c2ccccc2s1. The van der Waals surface area contributed by atoms with Gasteiger partial charge in [0.2, 0.25) is 4.80 Å². The van der Waals surface area contributed by atoms with Gasteiger partial charge in [-0.15, -0.1) is 0 Å². The second-order valence-electron chi connectivity index (χ2n) is 2.13. The van der Waals surface area contributed by atoms with Crippen LogP contribution in [0.2, 0.25) is 0 Å². The summed E-state index contributed by atoms with van der Waals surface area (Å²) >= 11 is 1.43. The van der Waals surface area contributed by atoms with E-state index in [2.05, 4.69) is 10.1 Å². The highest BCUT2D eigenvalue weighted by Crippen LogP contribution is 2.11. The average molecular weight is 166 g/mol. The van der Waals surface area contributed by atoms with Crippen molar-refractivity contribution in [2.45, 2.75) is 0 Å². The lowest BCUT2D eigenvalue weighted by molar-refractivity contribution is 0.301. The molecule has 0 saturated carbocycles. The maximum atomic E-state index is 8.44. The van der Waals surface area contributed by atoms with Gasteiger partial charge < -0.3 is 10.2 Å². The van der Waals surface area contributed by atoms with Gasteiger partial charge in [-0.1, -0.05) is 28.6 Å². The van der Waals surface area contributed by atoms with E-state index in [0.717, 1.165) is 10.2 Å². The van der Waals surface area contributed by atoms with Crippen LogP contribution in [-0.4, -0.2) is 10.2 Å². The molecule has 0 saturated heterocycles. The lowest BCUT2D eigenvalue weighted by Crippen LogP contribution is -1.94. The summed E-state index contributed by atoms with van der Waals surface area (Å²) in [5.41, 5.74) is 1.00. The van der Waals surface area contributed by atoms with E-state index < -0.39 is 0 Å². The molecule has 0 radical (unpaired) electrons. The molecule has 2 N–H and O–H groups in total. The second-order valence-corrected chi connectivity index (χ2v) is 3.16. The lowest BCUT2D eigenvalue weighted by atomic mass is 10.3. The molecule has 2 rings (SSSR count). The molecule has 1 aromatic carbocycles. The first-order valence-electron chi connectivity index (χ1n) is 3.16. The van der Waals surface area contributed by atoms with Crippen molar-refractivity contribution >= 4 is 21.6 Å². The standard InChI is InChI=1S/C7H6N2OS/c10-9-7-8-5-3-1-2-4-6(5)11-7/h1-4,10H,(H,8,9). The number of para-hydroxylation sites is 1. The number of thiazole rings is 1. The minimum absolute atomic E-state index is 0.534. The molecule has 0 bridgehead atoms. The number of hydrogen-bond acceptors (Lipinski definition) is 3. The fraction of sp³-hybridized carbons (Fsp3) is 0. The quantitative estimate of drug-likeness (QED) is 0.452. The summed E-state index contributed by atoms with van der Waals surface area (Å²) in [7, 11) is 0. The average Bonchev–Trinajstić information content (AvgIpc) is 2.46. The predicted octanol–water partition coefficient (Wildman–Crippen LogP) is 1.52. The summed E-state index contributed by atoms with van der Waals surface area (Å²) in [4.78, 5) is 3.48. The van der Waals surface area contributed by atoms with E-state index >= 15 is 0 Å². The number of benzene rings is 1. The van der Waals surface area contributed by atoms with Gasteiger partial charge in [0.25, 0.3) is 0 Å². The number of rotatable bonds is 0. The highest BCUT2D eigenvalue weighted by molar-refractivity contribution is 7.16. The van der Waals surface area contributed by atoms with Crippen molar-refractivity contribution in [3.63, 3.8) is 0 Å². The number of nitrogens with one attached hydrogen (secondary N) is 1. The van der Waals surface area contributed by atoms with Crippen molar-refractivity contribution in [1.29, 1.82) is 0 Å². The molecular weight excluding hydrogens is 160 g/mol. The van der Waals surface area contributed by atoms with Crippen LogP contribution >= 0.6 is 11.3 Å². The minimum atomic E-state index is 0.534. The molecule has 0 amide bonds. The number of fused-ring (bicyclic) bond motifs is 1. The van der Waals surface area contributed by atoms with Crippen LogP contribution in [0.25, 0.3) is 10.2 Å². The second kappa shape index (κ2) is 2.39. The van der Waals surface area contributed by atoms with E-state index in [1.807, 2.05) is 24.3 Å². The Morgan fingerprint density at radius 3 is 2.91 bits per heavy atom. The third-order valence-corrected chi connectivity index (χ3v) is 2.38. The van der Waals surface area contributed by atoms with Crippen LogP contribution < -0.4 is 4.80 Å². The molecule has 0 aliphatic rings. The Balaban J connectivity index is 2.89. The molecule has 0 aliphatic heterocycles. The van der Waals surface area contributed by atoms with E-state index in [-0.39, 0.29) is 0 Å². The van der Waals surface area contributed by atoms with E-state index in [1.165, 1.54) is 11.3 Å². The zero-order chi connectivity index (χ0) is 7.68. The summed E-state index contributed by atoms with van der Waals surface area (Å²) in [5.74, 6) is 0. The van der Waals surface area contributed by atoms with Crippen LogP contribution in [0.1, 0.15) is 0 Å². The van der Waals surface area contributed by atoms with Gasteiger partial charge in [0.15, 0.2) is 0 Å². The summed E-state index contributed by atoms with van der Waals surface area (Å²) in [6.45, 7) is 0. The normalized spacial score (nSPS) is 12.5. The van der Waals surface area contributed by atoms with Gasteiger partial charge in [0.1, 0.15) is 0 Å². The Bertz CT molecular complexity index is 393. The molecule has 0 spiro atoms. The van der Waals surface area contributed by atoms with Crippen LogP contribution in [0, 0.1) is 0 Å². The molecule has 0 unspecified atom stereocenters. The minimum Gasteiger partial charge on any atom is -0.408 e. The Morgan fingerprint density at radius 2 is 2.18 bits per heavy atom. The monoisotopic (exact) mass is 166 g/mol. The van der Waals surface area contributed by atoms with Gasteiger partial charge in [0.05, 0.1) is 10.2 Å². The van der Waals surface area contributed by atoms with Gasteiger partial charge >= 0.3 is 0 Å². The third-order valence-electron chi connectivity index (χ3n) is 1.43. The largest absolute Gasteiger partial charge is 0.408 e. The Morgan fingerprint density at radius 1 is 1.36 bits per heavy atom. The van der Waals surface area contributed by atoms with Crippen molar-refractivity contribution in [2.75, 3.05) is 0 Å². The lowest BCUT2D eigenvalue weighted by Gasteiger charge is -1.81. The highest BCUT2D eigenvalue weighted by Gasteiger charge is 1.93. The predicted molar refractivity (Wildman–Crippen MR) is 43.5 cm³/mol. The molecule has 11 heavy (non-hydrogen) atoms. The van der Waals surface area contributed by atoms with Crippen LogP contribution in [0.4, 0.5) is 0 Å². The van der Waals surface area contributed by atoms with E-state index in [1.54, 1.807) is 0 Å². The molecule has 56 valence electrons. The molecule has 0 fully saturated rings. The van der Waals surface area contributed by atoms with Crippen LogP contribution in [0.3, 0.4) is 0 Å². The van der Waals surface area contributed by atoms with Crippen LogP contribution in [0.5, 0.6) is 0 Å². The van der Waals surface area contributed by atoms with Crippen molar-refractivity contribution in [3.8, 4) is 0 Å². The summed E-state index contributed by atoms with van der Waals surface area (Å²) < 4.78 is 1.10. The molecule has 0 aliphatic carbocycles. The zero-order valence-electron chi connectivity index (χ0n) is 5.61. The zero-order valence-corrected chi connectivity index (χ0v) is 6.43. The molecule has 2 aromatic rings. The van der Waals surface area contributed by atoms with Crippen molar-refractivity contribution in [2.24, 2.45) is 5.16 Å². The first-order valence-corrected chi connectivity index (χ1v) is 3.98. The Kier molecular flexibility index (Phi) is 1.40. The molecule has 1 aromatic heterocycles. The van der Waals surface area contributed by atoms with Crippen LogP contribution in [0.15, 0.2) is 29.4 Å². The van der Waals surface area contributed by atoms with Crippen molar-refractivity contribution in [1.82, 2.24) is 4.98 Å². The van der Waals surface area contributed by atoms with Gasteiger partial charge in [-0.3, -0.25) is 0 Å². The number of aromatic amines is 1. The summed E-state index contributed by atoms with van der Waals surface area (Å²) in [5, 5.41) is 11.5. The van der Waals surface area contributed by atoms with E-state index in [0.29, 0.717) is 4.80 Å². The summed E-state index contributed by atoms with van der Waals surface area (Å²) in [6.07, 6.45) is 0. The number of H-pyrrole nitrogens is 1. The first-order chi connectivity index (χ1) is 5.40. The maximum absolute atomic E-state index is 8.44. The number of aromatic nitrogens is 1. The fourth-order valence-electron chi connectivity index (χ4n) is 0.949. The van der Waals surface area contributed by atoms with Crippen molar-refractivity contribution in [3.05, 3.63) is 29.1 Å². The topological polar surface area (TPSA) is 48.4 Å². The Labute approximate surface area is 66.6 Å². The van der Waals surface area contributed by atoms with Gasteiger partial charge in [0, 0.05) is 0 Å².